The molecule has 1 heterocycles. The van der Waals surface area contributed by atoms with Gasteiger partial charge in [-0.25, -0.2) is 0 Å². The van der Waals surface area contributed by atoms with E-state index in [0.29, 0.717) is 18.8 Å². The summed E-state index contributed by atoms with van der Waals surface area (Å²) < 4.78 is 15.5. The van der Waals surface area contributed by atoms with Gasteiger partial charge < -0.3 is 14.2 Å². The van der Waals surface area contributed by atoms with Crippen molar-refractivity contribution in [2.24, 2.45) is 23.7 Å². The summed E-state index contributed by atoms with van der Waals surface area (Å²) in [5.74, 6) is -1.65. The molecule has 33 heavy (non-hydrogen) atoms. The molecule has 2 amide bonds. The fraction of sp³-hybridized carbons (Fsp3) is 0.792. The van der Waals surface area contributed by atoms with Gasteiger partial charge in [-0.05, 0) is 38.0 Å². The largest absolute Gasteiger partial charge is 0.469 e. The van der Waals surface area contributed by atoms with Crippen molar-refractivity contribution < 1.29 is 38.2 Å². The van der Waals surface area contributed by atoms with Gasteiger partial charge in [-0.2, -0.15) is 0 Å². The molecule has 1 aliphatic carbocycles. The Kier molecular flexibility index (Phi) is 10.5. The third-order valence-electron chi connectivity index (χ3n) is 6.52. The molecular weight excluding hydrogens is 430 g/mol. The monoisotopic (exact) mass is 467 g/mol. The minimum Gasteiger partial charge on any atom is -0.469 e. The van der Waals surface area contributed by atoms with E-state index in [4.69, 9.17) is 9.47 Å². The minimum atomic E-state index is -0.468. The molecular formula is C24H37NO8. The van der Waals surface area contributed by atoms with Crippen molar-refractivity contribution in [3.63, 3.8) is 0 Å². The molecule has 0 radical (unpaired) electrons. The summed E-state index contributed by atoms with van der Waals surface area (Å²) in [7, 11) is 1.31. The molecule has 2 aliphatic rings. The Balaban J connectivity index is 2.03. The number of ether oxygens (including phenoxy) is 3. The van der Waals surface area contributed by atoms with Crippen LogP contribution in [-0.2, 0) is 38.2 Å². The van der Waals surface area contributed by atoms with E-state index in [1.807, 2.05) is 6.92 Å². The highest BCUT2D eigenvalue weighted by Crippen LogP contribution is 2.36. The van der Waals surface area contributed by atoms with Crippen LogP contribution in [0.5, 0.6) is 0 Å². The first kappa shape index (κ1) is 27.0. The lowest BCUT2D eigenvalue weighted by molar-refractivity contribution is -0.152. The van der Waals surface area contributed by atoms with Gasteiger partial charge in [-0.1, -0.05) is 13.8 Å². The number of carbonyl (C=O) groups excluding carboxylic acids is 5. The van der Waals surface area contributed by atoms with Crippen LogP contribution in [0.3, 0.4) is 0 Å². The van der Waals surface area contributed by atoms with Gasteiger partial charge in [0.25, 0.3) is 0 Å². The molecule has 0 N–H and O–H groups in total. The Bertz CT molecular complexity index is 718. The summed E-state index contributed by atoms with van der Waals surface area (Å²) in [6.07, 6.45) is 1.79. The Morgan fingerprint density at radius 1 is 1.03 bits per heavy atom. The topological polar surface area (TPSA) is 116 Å². The van der Waals surface area contributed by atoms with E-state index >= 15 is 0 Å². The quantitative estimate of drug-likeness (QED) is 0.336. The average molecular weight is 468 g/mol. The van der Waals surface area contributed by atoms with Gasteiger partial charge in [0.05, 0.1) is 39.3 Å². The first-order chi connectivity index (χ1) is 15.7. The van der Waals surface area contributed by atoms with Crippen molar-refractivity contribution in [3.8, 4) is 0 Å². The van der Waals surface area contributed by atoms with Crippen molar-refractivity contribution in [2.45, 2.75) is 71.8 Å². The maximum atomic E-state index is 12.9. The summed E-state index contributed by atoms with van der Waals surface area (Å²) in [5.41, 5.74) is 0. The number of amides is 2. The summed E-state index contributed by atoms with van der Waals surface area (Å²) in [6.45, 7) is 6.10. The number of likely N-dealkylation sites (tertiary alicyclic amines) is 1. The molecule has 2 unspecified atom stereocenters. The number of hydrogen-bond acceptors (Lipinski definition) is 8. The van der Waals surface area contributed by atoms with Crippen LogP contribution in [0, 0.1) is 23.7 Å². The smallest absolute Gasteiger partial charge is 0.307 e. The summed E-state index contributed by atoms with van der Waals surface area (Å²) >= 11 is 0. The van der Waals surface area contributed by atoms with Crippen LogP contribution in [0.15, 0.2) is 0 Å². The molecule has 0 bridgehead atoms. The second kappa shape index (κ2) is 12.8. The molecule has 1 saturated heterocycles. The van der Waals surface area contributed by atoms with Gasteiger partial charge in [0, 0.05) is 31.2 Å². The second-order valence-corrected chi connectivity index (χ2v) is 9.23. The number of ketones is 1. The second-order valence-electron chi connectivity index (χ2n) is 9.23. The number of esters is 2. The molecule has 9 heteroatoms. The van der Waals surface area contributed by atoms with Crippen molar-refractivity contribution in [1.82, 2.24) is 4.90 Å². The van der Waals surface area contributed by atoms with Crippen molar-refractivity contribution >= 4 is 29.5 Å². The van der Waals surface area contributed by atoms with E-state index in [2.05, 4.69) is 11.7 Å². The van der Waals surface area contributed by atoms with Crippen LogP contribution in [0.25, 0.3) is 0 Å². The number of rotatable bonds is 11. The summed E-state index contributed by atoms with van der Waals surface area (Å²) in [5, 5.41) is 0. The van der Waals surface area contributed by atoms with Crippen molar-refractivity contribution in [3.05, 3.63) is 0 Å². The Morgan fingerprint density at radius 2 is 1.70 bits per heavy atom. The number of methoxy groups -OCH3 is 1. The number of Topliss-reactive ketones (excluding diaryl/α,β-unsaturated/α-hetero) is 1. The molecule has 1 aliphatic heterocycles. The third-order valence-corrected chi connectivity index (χ3v) is 6.52. The van der Waals surface area contributed by atoms with Gasteiger partial charge in [0.1, 0.15) is 5.78 Å². The molecule has 0 aromatic heterocycles. The van der Waals surface area contributed by atoms with E-state index in [-0.39, 0.29) is 80.8 Å². The zero-order chi connectivity index (χ0) is 24.5. The van der Waals surface area contributed by atoms with Crippen LogP contribution in [0.2, 0.25) is 0 Å². The molecule has 1 saturated carbocycles. The normalized spacial score (nSPS) is 25.2. The van der Waals surface area contributed by atoms with E-state index in [9.17, 15) is 24.0 Å². The third kappa shape index (κ3) is 7.91. The SMILES string of the molecule is CCOC(=O)CCN1C(=O)CC(C[C@@H](OCCC(=O)OC)C2C[C@@H](C)CC(C)C2=O)CC1=O. The summed E-state index contributed by atoms with van der Waals surface area (Å²) in [6, 6.07) is 0. The predicted octanol–water partition coefficient (Wildman–Crippen LogP) is 2.29. The van der Waals surface area contributed by atoms with Crippen LogP contribution in [0.4, 0.5) is 0 Å². The number of hydrogen-bond donors (Lipinski definition) is 0. The van der Waals surface area contributed by atoms with Gasteiger partial charge >= 0.3 is 11.9 Å². The Labute approximate surface area is 195 Å². The highest BCUT2D eigenvalue weighted by Gasteiger charge is 2.41. The molecule has 186 valence electrons. The van der Waals surface area contributed by atoms with Crippen molar-refractivity contribution in [2.75, 3.05) is 26.9 Å². The molecule has 2 rings (SSSR count). The van der Waals surface area contributed by atoms with Crippen LogP contribution < -0.4 is 0 Å². The number of imide groups is 1. The Hall–Kier alpha value is -2.29. The van der Waals surface area contributed by atoms with E-state index < -0.39 is 18.0 Å². The van der Waals surface area contributed by atoms with Gasteiger partial charge in [0.15, 0.2) is 0 Å². The van der Waals surface area contributed by atoms with Crippen LogP contribution >= 0.6 is 0 Å². The number of nitrogens with zero attached hydrogens (tertiary/aromatic N) is 1. The van der Waals surface area contributed by atoms with E-state index in [1.165, 1.54) is 7.11 Å². The number of carbonyl (C=O) groups is 5. The average Bonchev–Trinajstić information content (AvgIpc) is 2.75. The summed E-state index contributed by atoms with van der Waals surface area (Å²) in [4.78, 5) is 62.4. The molecule has 9 nitrogen and oxygen atoms in total. The fourth-order valence-corrected chi connectivity index (χ4v) is 4.92. The first-order valence-electron chi connectivity index (χ1n) is 11.9. The molecule has 0 spiro atoms. The maximum Gasteiger partial charge on any atom is 0.307 e. The lowest BCUT2D eigenvalue weighted by atomic mass is 9.71. The van der Waals surface area contributed by atoms with Gasteiger partial charge in [-0.3, -0.25) is 28.9 Å². The molecule has 2 fully saturated rings. The Morgan fingerprint density at radius 3 is 2.30 bits per heavy atom. The van der Waals surface area contributed by atoms with E-state index in [1.54, 1.807) is 6.92 Å². The molecule has 0 aromatic rings. The highest BCUT2D eigenvalue weighted by molar-refractivity contribution is 5.98. The predicted molar refractivity (Wildman–Crippen MR) is 118 cm³/mol. The lowest BCUT2D eigenvalue weighted by Crippen LogP contribution is -2.46. The number of piperidine rings is 1. The van der Waals surface area contributed by atoms with Crippen LogP contribution in [-0.4, -0.2) is 67.4 Å². The van der Waals surface area contributed by atoms with E-state index in [0.717, 1.165) is 11.3 Å². The molecule has 0 aromatic carbocycles. The standard InChI is InChI=1S/C24H37NO8/c1-5-32-23(29)6-8-25-20(26)13-17(14-21(25)27)12-19(33-9-7-22(28)31-4)18-11-15(2)10-16(3)24(18)30/h15-19H,5-14H2,1-4H3/t15-,16?,18?,19+/m0/s1. The lowest BCUT2D eigenvalue weighted by Gasteiger charge is -2.38. The van der Waals surface area contributed by atoms with Gasteiger partial charge in [0.2, 0.25) is 11.8 Å². The van der Waals surface area contributed by atoms with Crippen molar-refractivity contribution in [1.29, 1.82) is 0 Å². The maximum absolute atomic E-state index is 12.9. The molecule has 4 atom stereocenters. The fourth-order valence-electron chi connectivity index (χ4n) is 4.92. The zero-order valence-electron chi connectivity index (χ0n) is 20.2. The van der Waals surface area contributed by atoms with Gasteiger partial charge in [-0.15, -0.1) is 0 Å². The van der Waals surface area contributed by atoms with Crippen LogP contribution in [0.1, 0.15) is 65.7 Å². The minimum absolute atomic E-state index is 0.0123. The zero-order valence-corrected chi connectivity index (χ0v) is 20.2. The first-order valence-corrected chi connectivity index (χ1v) is 11.9. The highest BCUT2D eigenvalue weighted by atomic mass is 16.5.